The first-order valence-corrected chi connectivity index (χ1v) is 17.5. The topological polar surface area (TPSA) is 31.0 Å². The summed E-state index contributed by atoms with van der Waals surface area (Å²) < 4.78 is 18.0. The van der Waals surface area contributed by atoms with Gasteiger partial charge in [0.2, 0.25) is 8.32 Å². The van der Waals surface area contributed by atoms with E-state index in [0.717, 1.165) is 57.1 Å². The second-order valence-electron chi connectivity index (χ2n) is 13.3. The largest absolute Gasteiger partial charge is 0.547 e. The van der Waals surface area contributed by atoms with Gasteiger partial charge in [-0.05, 0) is 121 Å². The zero-order valence-electron chi connectivity index (χ0n) is 26.4. The van der Waals surface area contributed by atoms with Crippen LogP contribution in [0.1, 0.15) is 106 Å². The molecule has 0 unspecified atom stereocenters. The normalized spacial score (nSPS) is 18.8. The van der Waals surface area contributed by atoms with Crippen molar-refractivity contribution in [3.63, 3.8) is 0 Å². The van der Waals surface area contributed by atoms with Crippen molar-refractivity contribution in [3.8, 4) is 5.75 Å². The molecule has 1 heterocycles. The van der Waals surface area contributed by atoms with E-state index < -0.39 is 8.32 Å². The molecule has 1 aromatic carbocycles. The molecule has 0 bridgehead atoms. The van der Waals surface area contributed by atoms with Crippen molar-refractivity contribution < 1.29 is 13.9 Å². The lowest BCUT2D eigenvalue weighted by Gasteiger charge is -2.38. The fourth-order valence-corrected chi connectivity index (χ4v) is 5.61. The van der Waals surface area contributed by atoms with E-state index in [1.807, 2.05) is 6.07 Å². The first-order valence-electron chi connectivity index (χ1n) is 14.6. The van der Waals surface area contributed by atoms with Crippen LogP contribution in [0.4, 0.5) is 0 Å². The standard InChI is InChI=1S/C34H56O3Si/c1-26(15-12-16-27(2)21-24-32-34(7,8)36-32)17-13-20-31(37-38(10,11)33(4,5)6)28(3)22-23-29-18-14-19-30(25-29)35-9/h14,16-19,25,32H,12-13,15,20-24H2,1-11H3/b26-17+,27-16+,31-28-/t32-/m0/s1. The van der Waals surface area contributed by atoms with Gasteiger partial charge in [0.1, 0.15) is 5.75 Å². The monoisotopic (exact) mass is 540 g/mol. The number of hydrogen-bond acceptors (Lipinski definition) is 3. The zero-order valence-corrected chi connectivity index (χ0v) is 27.4. The van der Waals surface area contributed by atoms with Crippen molar-refractivity contribution in [1.82, 2.24) is 0 Å². The number of rotatable bonds is 15. The van der Waals surface area contributed by atoms with Crippen LogP contribution in [0, 0.1) is 0 Å². The highest BCUT2D eigenvalue weighted by Crippen LogP contribution is 2.40. The third-order valence-electron chi connectivity index (χ3n) is 8.44. The Morgan fingerprint density at radius 2 is 1.58 bits per heavy atom. The third-order valence-corrected chi connectivity index (χ3v) is 12.8. The number of methoxy groups -OCH3 is 1. The average Bonchev–Trinajstić information content (AvgIpc) is 3.46. The van der Waals surface area contributed by atoms with E-state index in [-0.39, 0.29) is 10.6 Å². The number of allylic oxidation sites excluding steroid dienone is 6. The average molecular weight is 541 g/mol. The summed E-state index contributed by atoms with van der Waals surface area (Å²) in [6, 6.07) is 8.41. The van der Waals surface area contributed by atoms with Crippen molar-refractivity contribution >= 4 is 8.32 Å². The predicted molar refractivity (Wildman–Crippen MR) is 166 cm³/mol. The fraction of sp³-hybridized carbons (Fsp3) is 0.647. The minimum atomic E-state index is -1.90. The molecule has 0 aromatic heterocycles. The Morgan fingerprint density at radius 3 is 2.16 bits per heavy atom. The molecule has 2 rings (SSSR count). The van der Waals surface area contributed by atoms with Gasteiger partial charge in [-0.15, -0.1) is 0 Å². The Hall–Kier alpha value is -1.78. The molecule has 1 aliphatic heterocycles. The van der Waals surface area contributed by atoms with Gasteiger partial charge in [-0.25, -0.2) is 0 Å². The van der Waals surface area contributed by atoms with Crippen LogP contribution in [0.25, 0.3) is 0 Å². The second kappa shape index (κ2) is 14.0. The van der Waals surface area contributed by atoms with Crippen molar-refractivity contribution in [2.75, 3.05) is 7.11 Å². The SMILES string of the molecule is COc1cccc(CC/C(C)=C(/CC/C=C(\C)CC/C=C(\C)CC[C@@H]2OC2(C)C)O[Si](C)(C)C(C)(C)C)c1. The van der Waals surface area contributed by atoms with E-state index in [1.165, 1.54) is 28.0 Å². The maximum Gasteiger partial charge on any atom is 0.250 e. The zero-order chi connectivity index (χ0) is 28.6. The van der Waals surface area contributed by atoms with E-state index >= 15 is 0 Å². The summed E-state index contributed by atoms with van der Waals surface area (Å²) >= 11 is 0. The summed E-state index contributed by atoms with van der Waals surface area (Å²) in [6.45, 7) is 22.8. The van der Waals surface area contributed by atoms with Gasteiger partial charge >= 0.3 is 0 Å². The van der Waals surface area contributed by atoms with Crippen molar-refractivity contribution in [3.05, 3.63) is 64.5 Å². The lowest BCUT2D eigenvalue weighted by molar-refractivity contribution is 0.320. The number of hydrogen-bond donors (Lipinski definition) is 0. The molecule has 0 spiro atoms. The minimum absolute atomic E-state index is 0.106. The molecule has 3 nitrogen and oxygen atoms in total. The molecule has 0 amide bonds. The lowest BCUT2D eigenvalue weighted by atomic mass is 10.0. The summed E-state index contributed by atoms with van der Waals surface area (Å²) in [5.74, 6) is 2.14. The van der Waals surface area contributed by atoms with Gasteiger partial charge in [-0.1, -0.05) is 56.2 Å². The van der Waals surface area contributed by atoms with Crippen molar-refractivity contribution in [1.29, 1.82) is 0 Å². The molecule has 1 atom stereocenters. The molecule has 0 saturated carbocycles. The molecule has 0 aliphatic carbocycles. The van der Waals surface area contributed by atoms with Crippen LogP contribution in [0.3, 0.4) is 0 Å². The van der Waals surface area contributed by atoms with Crippen LogP contribution < -0.4 is 4.74 Å². The molecule has 214 valence electrons. The lowest BCUT2D eigenvalue weighted by Crippen LogP contribution is -2.40. The van der Waals surface area contributed by atoms with E-state index in [9.17, 15) is 0 Å². The summed E-state index contributed by atoms with van der Waals surface area (Å²) in [6.07, 6.45) is 13.8. The summed E-state index contributed by atoms with van der Waals surface area (Å²) in [5, 5.41) is 0.183. The Bertz CT molecular complexity index is 991. The molecule has 1 aliphatic rings. The van der Waals surface area contributed by atoms with Gasteiger partial charge in [0, 0.05) is 6.42 Å². The van der Waals surface area contributed by atoms with E-state index in [2.05, 4.69) is 98.8 Å². The number of ether oxygens (including phenoxy) is 2. The molecule has 0 radical (unpaired) electrons. The highest BCUT2D eigenvalue weighted by atomic mass is 28.4. The molecule has 0 N–H and O–H groups in total. The molecule has 38 heavy (non-hydrogen) atoms. The van der Waals surface area contributed by atoms with Crippen LogP contribution in [0.5, 0.6) is 5.75 Å². The van der Waals surface area contributed by atoms with Gasteiger partial charge in [-0.3, -0.25) is 0 Å². The van der Waals surface area contributed by atoms with Crippen LogP contribution >= 0.6 is 0 Å². The van der Waals surface area contributed by atoms with E-state index in [0.29, 0.717) is 6.10 Å². The number of epoxide rings is 1. The minimum Gasteiger partial charge on any atom is -0.547 e. The molecule has 1 saturated heterocycles. The van der Waals surface area contributed by atoms with Crippen LogP contribution in [0.2, 0.25) is 18.1 Å². The third kappa shape index (κ3) is 10.8. The Labute approximate surface area is 235 Å². The quantitative estimate of drug-likeness (QED) is 0.0959. The predicted octanol–water partition coefficient (Wildman–Crippen LogP) is 10.3. The second-order valence-corrected chi connectivity index (χ2v) is 18.1. The maximum atomic E-state index is 6.90. The van der Waals surface area contributed by atoms with Crippen molar-refractivity contribution in [2.45, 2.75) is 137 Å². The Balaban J connectivity index is 1.96. The maximum absolute atomic E-state index is 6.90. The molecule has 1 aromatic rings. The summed E-state index contributed by atoms with van der Waals surface area (Å²) in [5.41, 5.74) is 5.76. The summed E-state index contributed by atoms with van der Waals surface area (Å²) in [4.78, 5) is 0. The van der Waals surface area contributed by atoms with Gasteiger partial charge in [0.25, 0.3) is 0 Å². The van der Waals surface area contributed by atoms with E-state index in [4.69, 9.17) is 13.9 Å². The highest BCUT2D eigenvalue weighted by Gasteiger charge is 2.46. The number of aryl methyl sites for hydroxylation is 1. The van der Waals surface area contributed by atoms with Gasteiger partial charge < -0.3 is 13.9 Å². The number of benzene rings is 1. The molecular formula is C34H56O3Si. The highest BCUT2D eigenvalue weighted by molar-refractivity contribution is 6.74. The Morgan fingerprint density at radius 1 is 0.974 bits per heavy atom. The van der Waals surface area contributed by atoms with Crippen LogP contribution in [-0.4, -0.2) is 27.1 Å². The molecular weight excluding hydrogens is 484 g/mol. The van der Waals surface area contributed by atoms with Gasteiger partial charge in [-0.2, -0.15) is 0 Å². The molecule has 1 fully saturated rings. The summed E-state index contributed by atoms with van der Waals surface area (Å²) in [7, 11) is -0.171. The fourth-order valence-electron chi connectivity index (χ4n) is 4.41. The smallest absolute Gasteiger partial charge is 0.250 e. The van der Waals surface area contributed by atoms with Crippen LogP contribution in [-0.2, 0) is 15.6 Å². The van der Waals surface area contributed by atoms with E-state index in [1.54, 1.807) is 7.11 Å². The molecule has 4 heteroatoms. The van der Waals surface area contributed by atoms with Gasteiger partial charge in [0.15, 0.2) is 0 Å². The first-order chi connectivity index (χ1) is 17.6. The van der Waals surface area contributed by atoms with Crippen LogP contribution in [0.15, 0.2) is 58.9 Å². The Kier molecular flexibility index (Phi) is 12.0. The van der Waals surface area contributed by atoms with Crippen molar-refractivity contribution in [2.24, 2.45) is 0 Å². The van der Waals surface area contributed by atoms with Gasteiger partial charge in [0.05, 0.1) is 24.6 Å². The first kappa shape index (κ1) is 32.4.